The van der Waals surface area contributed by atoms with Crippen LogP contribution in [0, 0.1) is 13.8 Å². The molecule has 2 N–H and O–H groups in total. The first-order valence-corrected chi connectivity index (χ1v) is 7.92. The fourth-order valence-electron chi connectivity index (χ4n) is 2.94. The van der Waals surface area contributed by atoms with E-state index in [4.69, 9.17) is 10.5 Å². The van der Waals surface area contributed by atoms with Crippen molar-refractivity contribution in [3.05, 3.63) is 59.3 Å². The second-order valence-corrected chi connectivity index (χ2v) is 5.87. The molecular formula is C17H17F3N6O. The van der Waals surface area contributed by atoms with Crippen molar-refractivity contribution in [2.24, 2.45) is 0 Å². The Morgan fingerprint density at radius 1 is 1.04 bits per heavy atom. The molecule has 142 valence electrons. The van der Waals surface area contributed by atoms with Gasteiger partial charge in [-0.25, -0.2) is 9.97 Å². The van der Waals surface area contributed by atoms with Gasteiger partial charge in [-0.1, -0.05) is 30.3 Å². The Hall–Kier alpha value is -3.01. The lowest BCUT2D eigenvalue weighted by Gasteiger charge is -2.33. The zero-order chi connectivity index (χ0) is 19.8. The van der Waals surface area contributed by atoms with Gasteiger partial charge in [-0.2, -0.15) is 22.8 Å². The van der Waals surface area contributed by atoms with Crippen LogP contribution in [-0.4, -0.2) is 38.0 Å². The van der Waals surface area contributed by atoms with Gasteiger partial charge < -0.3 is 10.5 Å². The van der Waals surface area contributed by atoms with Gasteiger partial charge in [-0.15, -0.1) is 5.10 Å². The van der Waals surface area contributed by atoms with Crippen LogP contribution in [0.5, 0.6) is 0 Å². The Balaban J connectivity index is 2.35. The topological polar surface area (TPSA) is 91.7 Å². The summed E-state index contributed by atoms with van der Waals surface area (Å²) in [4.78, 5) is 12.2. The molecule has 10 heteroatoms. The lowest BCUT2D eigenvalue weighted by Crippen LogP contribution is -2.47. The monoisotopic (exact) mass is 378 g/mol. The number of anilines is 1. The molecule has 3 rings (SSSR count). The summed E-state index contributed by atoms with van der Waals surface area (Å²) in [6, 6.07) is 8.68. The molecule has 7 nitrogen and oxygen atoms in total. The molecule has 2 heterocycles. The summed E-state index contributed by atoms with van der Waals surface area (Å²) in [7, 11) is 0.964. The minimum atomic E-state index is -4.85. The Morgan fingerprint density at radius 3 is 2.26 bits per heavy atom. The maximum Gasteiger partial charge on any atom is 0.429 e. The first kappa shape index (κ1) is 18.8. The Morgan fingerprint density at radius 2 is 1.70 bits per heavy atom. The van der Waals surface area contributed by atoms with Crippen LogP contribution in [0.15, 0.2) is 36.4 Å². The normalized spacial score (nSPS) is 14.1. The lowest BCUT2D eigenvalue weighted by atomic mass is 9.91. The molecule has 3 aromatic rings. The van der Waals surface area contributed by atoms with Crippen LogP contribution in [0.1, 0.15) is 22.9 Å². The van der Waals surface area contributed by atoms with E-state index in [9.17, 15) is 13.2 Å². The highest BCUT2D eigenvalue weighted by molar-refractivity contribution is 5.38. The number of nitrogen functional groups attached to an aromatic ring is 1. The summed E-state index contributed by atoms with van der Waals surface area (Å²) in [5.41, 5.74) is 3.18. The van der Waals surface area contributed by atoms with Gasteiger partial charge in [-0.05, 0) is 13.8 Å². The van der Waals surface area contributed by atoms with Crippen molar-refractivity contribution >= 4 is 5.95 Å². The van der Waals surface area contributed by atoms with Crippen LogP contribution in [0.4, 0.5) is 19.1 Å². The van der Waals surface area contributed by atoms with E-state index >= 15 is 0 Å². The number of aromatic nitrogens is 5. The fourth-order valence-corrected chi connectivity index (χ4v) is 2.94. The third-order valence-electron chi connectivity index (χ3n) is 3.99. The van der Waals surface area contributed by atoms with Gasteiger partial charge in [0.25, 0.3) is 0 Å². The van der Waals surface area contributed by atoms with E-state index in [1.807, 2.05) is 0 Å². The molecular weight excluding hydrogens is 361 g/mol. The van der Waals surface area contributed by atoms with Crippen molar-refractivity contribution in [3.8, 4) is 5.82 Å². The highest BCUT2D eigenvalue weighted by Crippen LogP contribution is 2.46. The predicted molar refractivity (Wildman–Crippen MR) is 91.1 cm³/mol. The molecule has 0 amide bonds. The lowest BCUT2D eigenvalue weighted by molar-refractivity contribution is -0.261. The molecule has 0 saturated heterocycles. The van der Waals surface area contributed by atoms with Gasteiger partial charge in [0.15, 0.2) is 11.6 Å². The van der Waals surface area contributed by atoms with E-state index in [2.05, 4.69) is 20.1 Å². The highest BCUT2D eigenvalue weighted by atomic mass is 19.4. The zero-order valence-electron chi connectivity index (χ0n) is 14.8. The molecule has 0 unspecified atom stereocenters. The number of nitrogens with two attached hydrogens (primary N) is 1. The quantitative estimate of drug-likeness (QED) is 0.751. The third-order valence-corrected chi connectivity index (χ3v) is 3.99. The molecule has 1 aromatic carbocycles. The Kier molecular flexibility index (Phi) is 4.60. The van der Waals surface area contributed by atoms with E-state index in [0.717, 1.165) is 11.8 Å². The van der Waals surface area contributed by atoms with Crippen molar-refractivity contribution < 1.29 is 17.9 Å². The summed E-state index contributed by atoms with van der Waals surface area (Å²) in [6.45, 7) is 3.32. The van der Waals surface area contributed by atoms with Crippen LogP contribution in [0.25, 0.3) is 5.82 Å². The number of hydrogen-bond donors (Lipinski definition) is 1. The predicted octanol–water partition coefficient (Wildman–Crippen LogP) is 2.71. The number of ether oxygens (including phenoxy) is 1. The number of methoxy groups -OCH3 is 1. The molecule has 27 heavy (non-hydrogen) atoms. The average Bonchev–Trinajstić information content (AvgIpc) is 2.97. The average molecular weight is 378 g/mol. The molecule has 0 bridgehead atoms. The molecule has 0 aliphatic heterocycles. The SMILES string of the molecule is CO[C@](c1ccccc1)(c1nc(N)nn1-c1cc(C)nc(C)n1)C(F)(F)F. The van der Waals surface area contributed by atoms with Gasteiger partial charge >= 0.3 is 6.18 Å². The first-order valence-electron chi connectivity index (χ1n) is 7.92. The number of benzene rings is 1. The molecule has 0 aliphatic rings. The number of nitrogens with zero attached hydrogens (tertiary/aromatic N) is 5. The van der Waals surface area contributed by atoms with E-state index in [0.29, 0.717) is 11.5 Å². The summed E-state index contributed by atoms with van der Waals surface area (Å²) < 4.78 is 49.0. The van der Waals surface area contributed by atoms with Gasteiger partial charge in [0.05, 0.1) is 0 Å². The van der Waals surface area contributed by atoms with E-state index < -0.39 is 17.6 Å². The summed E-state index contributed by atoms with van der Waals surface area (Å²) >= 11 is 0. The highest BCUT2D eigenvalue weighted by Gasteiger charge is 2.61. The van der Waals surface area contributed by atoms with Gasteiger partial charge in [0, 0.05) is 24.4 Å². The van der Waals surface area contributed by atoms with Crippen molar-refractivity contribution in [2.75, 3.05) is 12.8 Å². The van der Waals surface area contributed by atoms with E-state index in [1.165, 1.54) is 30.3 Å². The van der Waals surface area contributed by atoms with Gasteiger partial charge in [0.2, 0.25) is 11.5 Å². The summed E-state index contributed by atoms with van der Waals surface area (Å²) in [5, 5.41) is 3.93. The maximum atomic E-state index is 14.3. The molecule has 0 radical (unpaired) electrons. The van der Waals surface area contributed by atoms with E-state index in [-0.39, 0.29) is 17.3 Å². The number of alkyl halides is 3. The Bertz CT molecular complexity index is 937. The number of aryl methyl sites for hydroxylation is 2. The minimum absolute atomic E-state index is 0.112. The molecule has 0 spiro atoms. The third kappa shape index (κ3) is 3.12. The molecule has 2 aromatic heterocycles. The van der Waals surface area contributed by atoms with Crippen LogP contribution in [0.3, 0.4) is 0 Å². The number of halogens is 3. The standard InChI is InChI=1S/C17H17F3N6O/c1-10-9-13(23-11(2)22-10)26-14(24-15(21)25-26)16(27-3,17(18,19)20)12-7-5-4-6-8-12/h4-9H,1-3H3,(H2,21,25)/t16-/m1/s1. The van der Waals surface area contributed by atoms with Crippen molar-refractivity contribution in [1.82, 2.24) is 24.7 Å². The number of rotatable bonds is 4. The molecule has 0 saturated carbocycles. The van der Waals surface area contributed by atoms with Crippen LogP contribution in [-0.2, 0) is 10.3 Å². The van der Waals surface area contributed by atoms with Crippen molar-refractivity contribution in [1.29, 1.82) is 0 Å². The molecule has 0 fully saturated rings. The van der Waals surface area contributed by atoms with Crippen molar-refractivity contribution in [2.45, 2.75) is 25.6 Å². The largest absolute Gasteiger partial charge is 0.429 e. The summed E-state index contributed by atoms with van der Waals surface area (Å²) in [5.74, 6) is -0.389. The first-order chi connectivity index (χ1) is 12.7. The van der Waals surface area contributed by atoms with Gasteiger partial charge in [0.1, 0.15) is 5.82 Å². The second kappa shape index (κ2) is 6.62. The van der Waals surface area contributed by atoms with Gasteiger partial charge in [-0.3, -0.25) is 0 Å². The maximum absolute atomic E-state index is 14.3. The van der Waals surface area contributed by atoms with Crippen LogP contribution >= 0.6 is 0 Å². The van der Waals surface area contributed by atoms with E-state index in [1.54, 1.807) is 19.9 Å². The number of hydrogen-bond acceptors (Lipinski definition) is 6. The Labute approximate surface area is 153 Å². The smallest absolute Gasteiger partial charge is 0.366 e. The van der Waals surface area contributed by atoms with Crippen LogP contribution in [0.2, 0.25) is 0 Å². The van der Waals surface area contributed by atoms with Crippen molar-refractivity contribution in [3.63, 3.8) is 0 Å². The summed E-state index contributed by atoms with van der Waals surface area (Å²) in [6.07, 6.45) is -4.85. The minimum Gasteiger partial charge on any atom is -0.366 e. The zero-order valence-corrected chi connectivity index (χ0v) is 14.8. The molecule has 0 aliphatic carbocycles. The van der Waals surface area contributed by atoms with Crippen LogP contribution < -0.4 is 5.73 Å². The fraction of sp³-hybridized carbons (Fsp3) is 0.294. The molecule has 1 atom stereocenters. The second-order valence-electron chi connectivity index (χ2n) is 5.87.